The molecule has 3 rings (SSSR count). The predicted molar refractivity (Wildman–Crippen MR) is 106 cm³/mol. The van der Waals surface area contributed by atoms with Crippen LogP contribution in [0.4, 0.5) is 5.69 Å². The summed E-state index contributed by atoms with van der Waals surface area (Å²) >= 11 is 2.52. The lowest BCUT2D eigenvalue weighted by Crippen LogP contribution is -2.14. The molecule has 27 heavy (non-hydrogen) atoms. The number of hydrogen-bond donors (Lipinski definition) is 2. The molecule has 1 aromatic carbocycles. The lowest BCUT2D eigenvalue weighted by molar-refractivity contribution is -0.115. The minimum atomic E-state index is -0.335. The fraction of sp³-hybridized carbons (Fsp3) is 0.167. The number of nitrogens with zero attached hydrogens (tertiary/aromatic N) is 2. The van der Waals surface area contributed by atoms with E-state index in [1.807, 2.05) is 11.4 Å². The Hall–Kier alpha value is -2.78. The number of aromatic nitrogens is 3. The van der Waals surface area contributed by atoms with Crippen LogP contribution in [-0.4, -0.2) is 32.6 Å². The number of H-pyrrole nitrogens is 1. The van der Waals surface area contributed by atoms with Gasteiger partial charge < -0.3 is 5.32 Å². The minimum absolute atomic E-state index is 0.0850. The van der Waals surface area contributed by atoms with Crippen LogP contribution >= 0.6 is 23.1 Å². The van der Waals surface area contributed by atoms with Crippen LogP contribution < -0.4 is 10.9 Å². The first-order chi connectivity index (χ1) is 13.1. The summed E-state index contributed by atoms with van der Waals surface area (Å²) in [5.74, 6) is -0.0830. The number of benzene rings is 1. The van der Waals surface area contributed by atoms with Crippen LogP contribution in [-0.2, 0) is 4.79 Å². The van der Waals surface area contributed by atoms with Crippen LogP contribution in [0.25, 0.3) is 10.6 Å². The molecule has 1 amide bonds. The molecule has 7 nitrogen and oxygen atoms in total. The fourth-order valence-electron chi connectivity index (χ4n) is 2.17. The predicted octanol–water partition coefficient (Wildman–Crippen LogP) is 3.22. The molecule has 2 heterocycles. The van der Waals surface area contributed by atoms with Gasteiger partial charge in [-0.3, -0.25) is 19.4 Å². The second kappa shape index (κ2) is 8.74. The third-order valence-electron chi connectivity index (χ3n) is 3.58. The van der Waals surface area contributed by atoms with E-state index >= 15 is 0 Å². The fourth-order valence-corrected chi connectivity index (χ4v) is 3.57. The summed E-state index contributed by atoms with van der Waals surface area (Å²) in [6, 6.07) is 10.3. The molecule has 2 N–H and O–H groups in total. The molecule has 3 aromatic rings. The maximum atomic E-state index is 12.3. The number of rotatable bonds is 7. The van der Waals surface area contributed by atoms with Crippen molar-refractivity contribution in [3.63, 3.8) is 0 Å². The summed E-state index contributed by atoms with van der Waals surface area (Å²) in [5, 5.41) is 12.8. The summed E-state index contributed by atoms with van der Waals surface area (Å²) in [6.07, 6.45) is 0.391. The second-order valence-corrected chi connectivity index (χ2v) is 7.39. The van der Waals surface area contributed by atoms with Crippen LogP contribution in [0.5, 0.6) is 0 Å². The van der Waals surface area contributed by atoms with E-state index in [9.17, 15) is 14.4 Å². The number of carbonyl (C=O) groups is 2. The highest BCUT2D eigenvalue weighted by Crippen LogP contribution is 2.20. The molecule has 138 valence electrons. The van der Waals surface area contributed by atoms with Crippen LogP contribution in [0.2, 0.25) is 0 Å². The number of ketones is 1. The van der Waals surface area contributed by atoms with Gasteiger partial charge in [0.15, 0.2) is 16.6 Å². The highest BCUT2D eigenvalue weighted by atomic mass is 32.2. The van der Waals surface area contributed by atoms with Crippen molar-refractivity contribution in [1.29, 1.82) is 0 Å². The lowest BCUT2D eigenvalue weighted by Gasteiger charge is -2.05. The Morgan fingerprint density at radius 1 is 1.19 bits per heavy atom. The van der Waals surface area contributed by atoms with Gasteiger partial charge in [0.25, 0.3) is 5.56 Å². The topological polar surface area (TPSA) is 105 Å². The van der Waals surface area contributed by atoms with E-state index in [-0.39, 0.29) is 28.7 Å². The molecule has 0 aliphatic rings. The normalized spacial score (nSPS) is 10.6. The standard InChI is InChI=1S/C18H16N4O3S2/c1-2-15(24)19-12-7-5-11(6-8-12)13(23)10-27-18-20-17(25)16(21-22-18)14-4-3-9-26-14/h3-9H,2,10H2,1H3,(H,19,24)(H,20,22,25). The quantitative estimate of drug-likeness (QED) is 0.466. The molecule has 0 aliphatic heterocycles. The van der Waals surface area contributed by atoms with E-state index in [1.165, 1.54) is 11.3 Å². The van der Waals surface area contributed by atoms with E-state index in [2.05, 4.69) is 20.5 Å². The number of carbonyl (C=O) groups excluding carboxylic acids is 2. The van der Waals surface area contributed by atoms with E-state index in [4.69, 9.17) is 0 Å². The molecule has 0 aliphatic carbocycles. The average Bonchev–Trinajstić information content (AvgIpc) is 3.21. The molecule has 0 unspecified atom stereocenters. The van der Waals surface area contributed by atoms with Gasteiger partial charge in [-0.2, -0.15) is 0 Å². The first-order valence-corrected chi connectivity index (χ1v) is 10.00. The molecule has 0 bridgehead atoms. The molecule has 0 fully saturated rings. The summed E-state index contributed by atoms with van der Waals surface area (Å²) in [4.78, 5) is 39.2. The van der Waals surface area contributed by atoms with Gasteiger partial charge in [-0.25, -0.2) is 0 Å². The number of thiophene rings is 1. The zero-order valence-corrected chi connectivity index (χ0v) is 16.0. The van der Waals surface area contributed by atoms with E-state index in [0.717, 1.165) is 16.6 Å². The summed E-state index contributed by atoms with van der Waals surface area (Å²) in [5.41, 5.74) is 1.09. The van der Waals surface area contributed by atoms with Crippen LogP contribution in [0, 0.1) is 0 Å². The number of nitrogens with one attached hydrogen (secondary N) is 2. The van der Waals surface area contributed by atoms with Crippen molar-refractivity contribution >= 4 is 40.5 Å². The SMILES string of the molecule is CCC(=O)Nc1ccc(C(=O)CSc2nnc(-c3cccs3)c(=O)[nH]2)cc1. The van der Waals surface area contributed by atoms with Crippen LogP contribution in [0.3, 0.4) is 0 Å². The third kappa shape index (κ3) is 4.89. The smallest absolute Gasteiger partial charge is 0.279 e. The largest absolute Gasteiger partial charge is 0.326 e. The lowest BCUT2D eigenvalue weighted by atomic mass is 10.1. The first kappa shape index (κ1) is 19.0. The van der Waals surface area contributed by atoms with Crippen molar-refractivity contribution in [2.45, 2.75) is 18.5 Å². The zero-order valence-electron chi connectivity index (χ0n) is 14.4. The number of anilines is 1. The van der Waals surface area contributed by atoms with Crippen LogP contribution in [0.15, 0.2) is 51.7 Å². The van der Waals surface area contributed by atoms with Crippen molar-refractivity contribution in [3.05, 3.63) is 57.7 Å². The first-order valence-electron chi connectivity index (χ1n) is 8.13. The van der Waals surface area contributed by atoms with Gasteiger partial charge in [-0.15, -0.1) is 21.5 Å². The highest BCUT2D eigenvalue weighted by molar-refractivity contribution is 7.99. The Morgan fingerprint density at radius 2 is 1.96 bits per heavy atom. The summed E-state index contributed by atoms with van der Waals surface area (Å²) in [7, 11) is 0. The second-order valence-electron chi connectivity index (χ2n) is 5.48. The van der Waals surface area contributed by atoms with Gasteiger partial charge in [0, 0.05) is 17.7 Å². The zero-order chi connectivity index (χ0) is 19.2. The van der Waals surface area contributed by atoms with Crippen molar-refractivity contribution in [1.82, 2.24) is 15.2 Å². The van der Waals surface area contributed by atoms with Crippen molar-refractivity contribution < 1.29 is 9.59 Å². The number of hydrogen-bond acceptors (Lipinski definition) is 7. The monoisotopic (exact) mass is 400 g/mol. The van der Waals surface area contributed by atoms with E-state index in [1.54, 1.807) is 37.3 Å². The Kier molecular flexibility index (Phi) is 6.15. The molecule has 0 radical (unpaired) electrons. The Morgan fingerprint density at radius 3 is 2.59 bits per heavy atom. The van der Waals surface area contributed by atoms with E-state index < -0.39 is 0 Å². The Balaban J connectivity index is 1.61. The number of Topliss-reactive ketones (excluding diaryl/α,β-unsaturated/α-hetero) is 1. The summed E-state index contributed by atoms with van der Waals surface area (Å²) < 4.78 is 0. The maximum Gasteiger partial charge on any atom is 0.279 e. The molecule has 0 saturated heterocycles. The van der Waals surface area contributed by atoms with Crippen molar-refractivity contribution in [3.8, 4) is 10.6 Å². The van der Waals surface area contributed by atoms with E-state index in [0.29, 0.717) is 22.8 Å². The minimum Gasteiger partial charge on any atom is -0.326 e. The molecule has 0 saturated carbocycles. The van der Waals surface area contributed by atoms with Gasteiger partial charge in [0.05, 0.1) is 10.6 Å². The average molecular weight is 400 g/mol. The third-order valence-corrected chi connectivity index (χ3v) is 5.32. The molecule has 9 heteroatoms. The Bertz CT molecular complexity index is 998. The molecule has 0 atom stereocenters. The van der Waals surface area contributed by atoms with Gasteiger partial charge in [-0.1, -0.05) is 24.8 Å². The van der Waals surface area contributed by atoms with Crippen LogP contribution in [0.1, 0.15) is 23.7 Å². The molecule has 2 aromatic heterocycles. The molecular formula is C18H16N4O3S2. The van der Waals surface area contributed by atoms with Gasteiger partial charge >= 0.3 is 0 Å². The van der Waals surface area contributed by atoms with Gasteiger partial charge in [0.1, 0.15) is 0 Å². The Labute approximate surface area is 163 Å². The number of thioether (sulfide) groups is 1. The number of aromatic amines is 1. The van der Waals surface area contributed by atoms with Crippen molar-refractivity contribution in [2.24, 2.45) is 0 Å². The van der Waals surface area contributed by atoms with Crippen molar-refractivity contribution in [2.75, 3.05) is 11.1 Å². The molecular weight excluding hydrogens is 384 g/mol. The highest BCUT2D eigenvalue weighted by Gasteiger charge is 2.11. The van der Waals surface area contributed by atoms with Gasteiger partial charge in [-0.05, 0) is 35.7 Å². The molecule has 0 spiro atoms. The maximum absolute atomic E-state index is 12.3. The number of amides is 1. The van der Waals surface area contributed by atoms with Gasteiger partial charge in [0.2, 0.25) is 5.91 Å². The summed E-state index contributed by atoms with van der Waals surface area (Å²) in [6.45, 7) is 1.77.